The van der Waals surface area contributed by atoms with Crippen molar-refractivity contribution in [2.75, 3.05) is 5.75 Å². The fourth-order valence-corrected chi connectivity index (χ4v) is 4.99. The zero-order valence-electron chi connectivity index (χ0n) is 15.8. The van der Waals surface area contributed by atoms with E-state index in [1.807, 2.05) is 31.2 Å². The first kappa shape index (κ1) is 21.9. The lowest BCUT2D eigenvalue weighted by Crippen LogP contribution is -2.24. The fourth-order valence-electron chi connectivity index (χ4n) is 3.56. The van der Waals surface area contributed by atoms with Gasteiger partial charge in [-0.1, -0.05) is 49.1 Å². The van der Waals surface area contributed by atoms with Crippen molar-refractivity contribution >= 4 is 23.5 Å². The molecule has 0 aliphatic heterocycles. The van der Waals surface area contributed by atoms with Gasteiger partial charge in [-0.25, -0.2) is 0 Å². The van der Waals surface area contributed by atoms with Crippen LogP contribution in [0, 0.1) is 12.8 Å². The molecule has 4 unspecified atom stereocenters. The number of Topliss-reactive ketones (excluding diaryl/α,β-unsaturated/α-hetero) is 1. The number of hydrogen-bond donors (Lipinski definition) is 3. The average molecular weight is 395 g/mol. The van der Waals surface area contributed by atoms with E-state index in [2.05, 4.69) is 0 Å². The second-order valence-electron chi connectivity index (χ2n) is 7.42. The van der Waals surface area contributed by atoms with Gasteiger partial charge in [-0.15, -0.1) is 0 Å². The van der Waals surface area contributed by atoms with Gasteiger partial charge in [0.1, 0.15) is 5.78 Å². The number of ketones is 1. The third kappa shape index (κ3) is 6.94. The summed E-state index contributed by atoms with van der Waals surface area (Å²) >= 11 is 1.48. The molecular formula is C21H30O5S. The molecule has 2 rings (SSSR count). The lowest BCUT2D eigenvalue weighted by molar-refractivity contribution is -0.137. The fraction of sp³-hybridized carbons (Fsp3) is 0.619. The molecule has 0 radical (unpaired) electrons. The van der Waals surface area contributed by atoms with Gasteiger partial charge in [-0.05, 0) is 25.3 Å². The highest BCUT2D eigenvalue weighted by Crippen LogP contribution is 2.37. The van der Waals surface area contributed by atoms with E-state index in [0.29, 0.717) is 12.2 Å². The minimum absolute atomic E-state index is 0.107. The first-order valence-corrected chi connectivity index (χ1v) is 10.7. The van der Waals surface area contributed by atoms with Crippen molar-refractivity contribution in [1.82, 2.24) is 0 Å². The number of rotatable bonds is 11. The molecule has 1 aliphatic rings. The van der Waals surface area contributed by atoms with Gasteiger partial charge in [0.05, 0.1) is 12.2 Å². The summed E-state index contributed by atoms with van der Waals surface area (Å²) in [5.74, 6) is -0.384. The molecule has 1 fully saturated rings. The van der Waals surface area contributed by atoms with Gasteiger partial charge < -0.3 is 15.3 Å². The summed E-state index contributed by atoms with van der Waals surface area (Å²) in [4.78, 5) is 22.8. The van der Waals surface area contributed by atoms with Crippen LogP contribution in [-0.4, -0.2) is 44.2 Å². The molecule has 150 valence electrons. The highest BCUT2D eigenvalue weighted by Gasteiger charge is 2.41. The monoisotopic (exact) mass is 394 g/mol. The Labute approximate surface area is 165 Å². The highest BCUT2D eigenvalue weighted by atomic mass is 32.2. The molecule has 0 saturated heterocycles. The maximum atomic E-state index is 12.2. The van der Waals surface area contributed by atoms with Gasteiger partial charge >= 0.3 is 5.97 Å². The van der Waals surface area contributed by atoms with E-state index in [0.717, 1.165) is 36.8 Å². The number of aryl methyl sites for hydroxylation is 1. The molecule has 0 heterocycles. The van der Waals surface area contributed by atoms with Crippen LogP contribution in [0.1, 0.15) is 62.2 Å². The standard InChI is InChI=1S/C21H30O5S/c1-14-8-10-15(11-9-14)19(24)13-27-21-16(17(22)12-18(21)23)6-4-2-3-5-7-20(25)26/h8-11,16,18-19,21,23-24H,2-7,12-13H2,1H3,(H,25,26). The maximum Gasteiger partial charge on any atom is 0.303 e. The second-order valence-corrected chi connectivity index (χ2v) is 8.63. The van der Waals surface area contributed by atoms with E-state index < -0.39 is 18.2 Å². The lowest BCUT2D eigenvalue weighted by atomic mass is 9.98. The van der Waals surface area contributed by atoms with Gasteiger partial charge in [0, 0.05) is 29.8 Å². The molecular weight excluding hydrogens is 364 g/mol. The number of aliphatic carboxylic acids is 1. The third-order valence-electron chi connectivity index (χ3n) is 5.16. The molecule has 1 saturated carbocycles. The van der Waals surface area contributed by atoms with Crippen molar-refractivity contribution in [3.63, 3.8) is 0 Å². The molecule has 3 N–H and O–H groups in total. The van der Waals surface area contributed by atoms with Crippen molar-refractivity contribution in [3.05, 3.63) is 35.4 Å². The number of thioether (sulfide) groups is 1. The van der Waals surface area contributed by atoms with Crippen LogP contribution in [0.15, 0.2) is 24.3 Å². The predicted octanol–water partition coefficient (Wildman–Crippen LogP) is 3.51. The van der Waals surface area contributed by atoms with Crippen LogP contribution in [0.4, 0.5) is 0 Å². The van der Waals surface area contributed by atoms with Crippen molar-refractivity contribution in [2.45, 2.75) is 69.3 Å². The number of carbonyl (C=O) groups excluding carboxylic acids is 1. The Kier molecular flexibility index (Phi) is 8.80. The second kappa shape index (κ2) is 10.8. The quantitative estimate of drug-likeness (QED) is 0.497. The van der Waals surface area contributed by atoms with Crippen molar-refractivity contribution in [2.24, 2.45) is 5.92 Å². The number of carboxylic acids is 1. The molecule has 0 aromatic heterocycles. The number of unbranched alkanes of at least 4 members (excludes halogenated alkanes) is 3. The first-order valence-electron chi connectivity index (χ1n) is 9.67. The third-order valence-corrected chi connectivity index (χ3v) is 6.70. The Hall–Kier alpha value is -1.37. The van der Waals surface area contributed by atoms with Crippen molar-refractivity contribution in [3.8, 4) is 0 Å². The maximum absolute atomic E-state index is 12.2. The average Bonchev–Trinajstić information content (AvgIpc) is 2.89. The van der Waals surface area contributed by atoms with Gasteiger partial charge in [-0.2, -0.15) is 11.8 Å². The molecule has 1 aliphatic carbocycles. The molecule has 0 amide bonds. The minimum atomic E-state index is -0.771. The van der Waals surface area contributed by atoms with Crippen LogP contribution in [-0.2, 0) is 9.59 Å². The van der Waals surface area contributed by atoms with Gasteiger partial charge in [-0.3, -0.25) is 9.59 Å². The largest absolute Gasteiger partial charge is 0.481 e. The number of carbonyl (C=O) groups is 2. The SMILES string of the molecule is Cc1ccc(C(O)CSC2C(O)CC(=O)C2CCCCCCC(=O)O)cc1. The Balaban J connectivity index is 1.79. The summed E-state index contributed by atoms with van der Waals surface area (Å²) in [5.41, 5.74) is 1.99. The normalized spacial score (nSPS) is 23.5. The molecule has 1 aromatic carbocycles. The summed E-state index contributed by atoms with van der Waals surface area (Å²) in [6.45, 7) is 2.00. The van der Waals surface area contributed by atoms with Crippen LogP contribution >= 0.6 is 11.8 Å². The number of carboxylic acid groups (broad SMARTS) is 1. The highest BCUT2D eigenvalue weighted by molar-refractivity contribution is 8.00. The van der Waals surface area contributed by atoms with E-state index in [1.54, 1.807) is 0 Å². The van der Waals surface area contributed by atoms with Crippen LogP contribution in [0.2, 0.25) is 0 Å². The zero-order chi connectivity index (χ0) is 19.8. The minimum Gasteiger partial charge on any atom is -0.481 e. The Morgan fingerprint density at radius 2 is 1.85 bits per heavy atom. The number of benzene rings is 1. The number of aliphatic hydroxyl groups excluding tert-OH is 2. The van der Waals surface area contributed by atoms with E-state index >= 15 is 0 Å². The molecule has 1 aromatic rings. The number of aliphatic hydroxyl groups is 2. The lowest BCUT2D eigenvalue weighted by Gasteiger charge is -2.22. The Morgan fingerprint density at radius 3 is 2.52 bits per heavy atom. The van der Waals surface area contributed by atoms with Crippen LogP contribution in [0.5, 0.6) is 0 Å². The van der Waals surface area contributed by atoms with E-state index in [1.165, 1.54) is 11.8 Å². The summed E-state index contributed by atoms with van der Waals surface area (Å²) in [7, 11) is 0. The summed E-state index contributed by atoms with van der Waals surface area (Å²) in [6.07, 6.45) is 3.12. The van der Waals surface area contributed by atoms with E-state index in [4.69, 9.17) is 5.11 Å². The molecule has 0 spiro atoms. The van der Waals surface area contributed by atoms with Gasteiger partial charge in [0.15, 0.2) is 0 Å². The van der Waals surface area contributed by atoms with E-state index in [9.17, 15) is 19.8 Å². The molecule has 6 heteroatoms. The van der Waals surface area contributed by atoms with Crippen LogP contribution in [0.25, 0.3) is 0 Å². The first-order chi connectivity index (χ1) is 12.9. The molecule has 5 nitrogen and oxygen atoms in total. The summed E-state index contributed by atoms with van der Waals surface area (Å²) in [5, 5.41) is 29.1. The number of hydrogen-bond acceptors (Lipinski definition) is 5. The predicted molar refractivity (Wildman–Crippen MR) is 107 cm³/mol. The van der Waals surface area contributed by atoms with Crippen molar-refractivity contribution < 1.29 is 24.9 Å². The van der Waals surface area contributed by atoms with Crippen LogP contribution < -0.4 is 0 Å². The zero-order valence-corrected chi connectivity index (χ0v) is 16.7. The topological polar surface area (TPSA) is 94.8 Å². The Morgan fingerprint density at radius 1 is 1.19 bits per heavy atom. The van der Waals surface area contributed by atoms with Crippen molar-refractivity contribution in [1.29, 1.82) is 0 Å². The van der Waals surface area contributed by atoms with Gasteiger partial charge in [0.2, 0.25) is 0 Å². The molecule has 0 bridgehead atoms. The smallest absolute Gasteiger partial charge is 0.303 e. The van der Waals surface area contributed by atoms with E-state index in [-0.39, 0.29) is 29.8 Å². The van der Waals surface area contributed by atoms with Crippen LogP contribution in [0.3, 0.4) is 0 Å². The Bertz CT molecular complexity index is 616. The molecule has 4 atom stereocenters. The summed E-state index contributed by atoms with van der Waals surface area (Å²) < 4.78 is 0. The molecule has 27 heavy (non-hydrogen) atoms. The van der Waals surface area contributed by atoms with Gasteiger partial charge in [0.25, 0.3) is 0 Å². The summed E-state index contributed by atoms with van der Waals surface area (Å²) in [6, 6.07) is 7.74.